The molecule has 0 aliphatic carbocycles. The Hall–Kier alpha value is -2.42. The van der Waals surface area contributed by atoms with Gasteiger partial charge in [0, 0.05) is 34.2 Å². The largest absolute Gasteiger partial charge is 0.517 e. The molecule has 0 saturated carbocycles. The van der Waals surface area contributed by atoms with E-state index in [1.54, 1.807) is 45.6 Å². The number of hydrogen-bond acceptors (Lipinski definition) is 7. The molecule has 34 heavy (non-hydrogen) atoms. The summed E-state index contributed by atoms with van der Waals surface area (Å²) in [6.45, 7) is 12.0. The van der Waals surface area contributed by atoms with Crippen molar-refractivity contribution in [3.63, 3.8) is 0 Å². The summed E-state index contributed by atoms with van der Waals surface area (Å²) < 4.78 is 29.1. The third-order valence-electron chi connectivity index (χ3n) is 6.42. The summed E-state index contributed by atoms with van der Waals surface area (Å²) in [5.74, 6) is 2.77. The summed E-state index contributed by atoms with van der Waals surface area (Å²) in [6.07, 6.45) is -1.04. The van der Waals surface area contributed by atoms with Crippen LogP contribution in [0, 0.1) is 0 Å². The van der Waals surface area contributed by atoms with Crippen LogP contribution in [0.5, 0.6) is 28.7 Å². The van der Waals surface area contributed by atoms with Gasteiger partial charge in [-0.3, -0.25) is 0 Å². The fraction of sp³-hybridized carbons (Fsp3) is 0.538. The Morgan fingerprint density at radius 3 is 2.00 bits per heavy atom. The molecule has 2 aromatic rings. The molecular weight excluding hydrogens is 452 g/mol. The lowest BCUT2D eigenvalue weighted by atomic mass is 9.94. The van der Waals surface area contributed by atoms with E-state index >= 15 is 0 Å². The number of hydrogen-bond donors (Lipinski definition) is 2. The third kappa shape index (κ3) is 4.71. The van der Waals surface area contributed by atoms with E-state index in [0.717, 1.165) is 11.1 Å². The van der Waals surface area contributed by atoms with Gasteiger partial charge < -0.3 is 33.3 Å². The Morgan fingerprint density at radius 1 is 0.853 bits per heavy atom. The second-order valence-electron chi connectivity index (χ2n) is 10.8. The first-order chi connectivity index (χ1) is 15.8. The fourth-order valence-electron chi connectivity index (χ4n) is 4.56. The standard InChI is InChI=1S/C26H38O7Si/c1-25(2,3)34(28,26(4,5)6)33-20-11-10-16(12-23(20)31-9)24-19(27)15-18-21(30-8)13-17(29-7)14-22(18)32-24/h10-14,19,24,27-28H,15H2,1-9H3/t19-,24+/m0/s1. The Bertz CT molecular complexity index is 1010. The second-order valence-corrected chi connectivity index (χ2v) is 15.3. The van der Waals surface area contributed by atoms with Gasteiger partial charge in [-0.1, -0.05) is 47.6 Å². The molecule has 0 unspecified atom stereocenters. The van der Waals surface area contributed by atoms with Gasteiger partial charge in [-0.05, 0) is 17.7 Å². The van der Waals surface area contributed by atoms with Crippen LogP contribution < -0.4 is 23.4 Å². The van der Waals surface area contributed by atoms with Crippen molar-refractivity contribution in [1.29, 1.82) is 0 Å². The van der Waals surface area contributed by atoms with Gasteiger partial charge in [0.05, 0.1) is 27.4 Å². The molecule has 0 radical (unpaired) electrons. The topological polar surface area (TPSA) is 86.6 Å². The molecule has 3 rings (SSSR count). The fourth-order valence-corrected chi connectivity index (χ4v) is 7.91. The van der Waals surface area contributed by atoms with Crippen LogP contribution in [0.25, 0.3) is 0 Å². The van der Waals surface area contributed by atoms with Crippen molar-refractivity contribution >= 4 is 8.56 Å². The SMILES string of the molecule is COc1cc(OC)c2c(c1)O[C@H](c1ccc(O[Si](O)(C(C)(C)C)C(C)(C)C)c(OC)c1)[C@@H](O)C2. The smallest absolute Gasteiger partial charge is 0.407 e. The van der Waals surface area contributed by atoms with Crippen molar-refractivity contribution in [3.8, 4) is 28.7 Å². The Labute approximate surface area is 203 Å². The summed E-state index contributed by atoms with van der Waals surface area (Å²) in [5.41, 5.74) is 1.53. The minimum Gasteiger partial charge on any atom is -0.517 e. The first-order valence-corrected chi connectivity index (χ1v) is 13.3. The monoisotopic (exact) mass is 490 g/mol. The van der Waals surface area contributed by atoms with Gasteiger partial charge in [0.25, 0.3) is 0 Å². The molecule has 0 fully saturated rings. The minimum atomic E-state index is -3.27. The molecule has 2 aromatic carbocycles. The predicted molar refractivity (Wildman–Crippen MR) is 134 cm³/mol. The molecule has 1 aliphatic heterocycles. The van der Waals surface area contributed by atoms with E-state index in [9.17, 15) is 9.90 Å². The molecule has 1 aliphatic rings. The zero-order valence-electron chi connectivity index (χ0n) is 21.7. The van der Waals surface area contributed by atoms with Gasteiger partial charge in [0.15, 0.2) is 5.75 Å². The highest BCUT2D eigenvalue weighted by Crippen LogP contribution is 2.51. The summed E-state index contributed by atoms with van der Waals surface area (Å²) in [4.78, 5) is 11.7. The van der Waals surface area contributed by atoms with E-state index in [4.69, 9.17) is 23.4 Å². The van der Waals surface area contributed by atoms with Crippen molar-refractivity contribution in [2.75, 3.05) is 21.3 Å². The third-order valence-corrected chi connectivity index (χ3v) is 11.0. The highest BCUT2D eigenvalue weighted by atomic mass is 28.4. The maximum Gasteiger partial charge on any atom is 0.407 e. The molecule has 7 nitrogen and oxygen atoms in total. The van der Waals surface area contributed by atoms with Crippen LogP contribution >= 0.6 is 0 Å². The van der Waals surface area contributed by atoms with E-state index in [1.807, 2.05) is 47.6 Å². The van der Waals surface area contributed by atoms with Crippen molar-refractivity contribution in [1.82, 2.24) is 0 Å². The molecule has 0 amide bonds. The van der Waals surface area contributed by atoms with Crippen LogP contribution in [0.2, 0.25) is 10.1 Å². The van der Waals surface area contributed by atoms with E-state index in [2.05, 4.69) is 0 Å². The number of benzene rings is 2. The van der Waals surface area contributed by atoms with Gasteiger partial charge >= 0.3 is 8.56 Å². The second kappa shape index (κ2) is 9.32. The molecule has 2 atom stereocenters. The van der Waals surface area contributed by atoms with Crippen LogP contribution in [0.15, 0.2) is 30.3 Å². The van der Waals surface area contributed by atoms with Crippen molar-refractivity contribution in [3.05, 3.63) is 41.5 Å². The van der Waals surface area contributed by atoms with Crippen LogP contribution in [0.4, 0.5) is 0 Å². The molecule has 0 spiro atoms. The molecule has 8 heteroatoms. The van der Waals surface area contributed by atoms with Crippen molar-refractivity contribution in [2.24, 2.45) is 0 Å². The average Bonchev–Trinajstić information content (AvgIpc) is 2.76. The zero-order valence-corrected chi connectivity index (χ0v) is 22.7. The number of ether oxygens (including phenoxy) is 4. The van der Waals surface area contributed by atoms with Gasteiger partial charge in [-0.25, -0.2) is 0 Å². The zero-order chi connectivity index (χ0) is 25.5. The maximum atomic E-state index is 11.7. The minimum absolute atomic E-state index is 0.369. The van der Waals surface area contributed by atoms with Gasteiger partial charge in [-0.2, -0.15) is 0 Å². The Kier molecular flexibility index (Phi) is 7.18. The number of rotatable bonds is 6. The van der Waals surface area contributed by atoms with Gasteiger partial charge in [0.1, 0.15) is 29.1 Å². The van der Waals surface area contributed by atoms with E-state index in [0.29, 0.717) is 35.2 Å². The molecular formula is C26H38O7Si. The lowest BCUT2D eigenvalue weighted by molar-refractivity contribution is 0.0197. The molecule has 188 valence electrons. The summed E-state index contributed by atoms with van der Waals surface area (Å²) in [5, 5.41) is 10.1. The summed E-state index contributed by atoms with van der Waals surface area (Å²) in [6, 6.07) is 8.99. The highest BCUT2D eigenvalue weighted by Gasteiger charge is 2.57. The van der Waals surface area contributed by atoms with E-state index in [1.165, 1.54) is 0 Å². The molecule has 0 bridgehead atoms. The van der Waals surface area contributed by atoms with Crippen molar-refractivity contribution < 1.29 is 33.3 Å². The highest BCUT2D eigenvalue weighted by molar-refractivity contribution is 6.72. The quantitative estimate of drug-likeness (QED) is 0.541. The Balaban J connectivity index is 1.97. The molecule has 1 heterocycles. The van der Waals surface area contributed by atoms with Crippen LogP contribution in [0.3, 0.4) is 0 Å². The van der Waals surface area contributed by atoms with Crippen LogP contribution in [-0.2, 0) is 6.42 Å². The predicted octanol–water partition coefficient (Wildman–Crippen LogP) is 5.16. The number of methoxy groups -OCH3 is 3. The van der Waals surface area contributed by atoms with Gasteiger partial charge in [-0.15, -0.1) is 0 Å². The van der Waals surface area contributed by atoms with E-state index < -0.39 is 30.8 Å². The normalized spacial score (nSPS) is 18.6. The lowest BCUT2D eigenvalue weighted by Crippen LogP contribution is -2.57. The first kappa shape index (κ1) is 26.2. The summed E-state index contributed by atoms with van der Waals surface area (Å²) in [7, 11) is 1.45. The maximum absolute atomic E-state index is 11.7. The number of fused-ring (bicyclic) bond motifs is 1. The number of aliphatic hydroxyl groups is 1. The summed E-state index contributed by atoms with van der Waals surface area (Å²) >= 11 is 0. The number of aliphatic hydroxyl groups excluding tert-OH is 1. The average molecular weight is 491 g/mol. The first-order valence-electron chi connectivity index (χ1n) is 11.4. The van der Waals surface area contributed by atoms with Crippen LogP contribution in [-0.4, -0.2) is 45.9 Å². The molecule has 0 aromatic heterocycles. The van der Waals surface area contributed by atoms with Crippen LogP contribution in [0.1, 0.15) is 58.8 Å². The lowest BCUT2D eigenvalue weighted by Gasteiger charge is -2.45. The van der Waals surface area contributed by atoms with Crippen molar-refractivity contribution in [2.45, 2.75) is 70.2 Å². The van der Waals surface area contributed by atoms with Gasteiger partial charge in [0.2, 0.25) is 0 Å². The Morgan fingerprint density at radius 2 is 1.47 bits per heavy atom. The molecule has 2 N–H and O–H groups in total. The van der Waals surface area contributed by atoms with E-state index in [-0.39, 0.29) is 0 Å². The molecule has 0 saturated heterocycles.